The fourth-order valence-electron chi connectivity index (χ4n) is 3.20. The van der Waals surface area contributed by atoms with Crippen LogP contribution in [0.1, 0.15) is 44.2 Å². The van der Waals surface area contributed by atoms with Crippen LogP contribution in [0.3, 0.4) is 0 Å². The number of nitrogens with zero attached hydrogens (tertiary/aromatic N) is 1. The zero-order valence-electron chi connectivity index (χ0n) is 13.4. The molecule has 0 aromatic heterocycles. The van der Waals surface area contributed by atoms with E-state index in [2.05, 4.69) is 17.3 Å². The van der Waals surface area contributed by atoms with E-state index < -0.39 is 5.54 Å². The first-order valence-electron chi connectivity index (χ1n) is 7.58. The summed E-state index contributed by atoms with van der Waals surface area (Å²) in [6.07, 6.45) is 2.73. The van der Waals surface area contributed by atoms with E-state index in [9.17, 15) is 9.18 Å². The van der Waals surface area contributed by atoms with Crippen molar-refractivity contribution in [2.45, 2.75) is 51.6 Å². The average Bonchev–Trinajstić information content (AvgIpc) is 2.77. The second kappa shape index (κ2) is 6.14. The zero-order valence-corrected chi connectivity index (χ0v) is 13.4. The molecule has 1 aromatic carbocycles. The van der Waals surface area contributed by atoms with Crippen LogP contribution in [0.15, 0.2) is 18.2 Å². The Hall–Kier alpha value is -1.42. The molecule has 1 atom stereocenters. The molecule has 1 fully saturated rings. The minimum atomic E-state index is -0.569. The van der Waals surface area contributed by atoms with Crippen molar-refractivity contribution in [3.05, 3.63) is 35.1 Å². The number of amides is 1. The van der Waals surface area contributed by atoms with Gasteiger partial charge in [0, 0.05) is 12.5 Å². The molecule has 21 heavy (non-hydrogen) atoms. The summed E-state index contributed by atoms with van der Waals surface area (Å²) >= 11 is 0. The van der Waals surface area contributed by atoms with Gasteiger partial charge in [-0.2, -0.15) is 0 Å². The molecule has 0 unspecified atom stereocenters. The van der Waals surface area contributed by atoms with E-state index in [1.54, 1.807) is 13.0 Å². The molecule has 0 saturated carbocycles. The average molecular weight is 292 g/mol. The Morgan fingerprint density at radius 2 is 2.19 bits per heavy atom. The highest BCUT2D eigenvalue weighted by Crippen LogP contribution is 2.26. The first-order chi connectivity index (χ1) is 9.81. The summed E-state index contributed by atoms with van der Waals surface area (Å²) in [4.78, 5) is 14.5. The lowest BCUT2D eigenvalue weighted by molar-refractivity contribution is -0.123. The van der Waals surface area contributed by atoms with Gasteiger partial charge in [0.05, 0.1) is 5.54 Å². The number of halogens is 1. The largest absolute Gasteiger partial charge is 0.347 e. The van der Waals surface area contributed by atoms with Gasteiger partial charge in [0.15, 0.2) is 0 Å². The molecule has 1 amide bonds. The van der Waals surface area contributed by atoms with Gasteiger partial charge in [0.2, 0.25) is 5.91 Å². The summed E-state index contributed by atoms with van der Waals surface area (Å²) < 4.78 is 13.7. The first-order valence-corrected chi connectivity index (χ1v) is 7.58. The number of hydrogen-bond donors (Lipinski definition) is 1. The second-order valence-corrected chi connectivity index (χ2v) is 6.57. The van der Waals surface area contributed by atoms with E-state index in [0.29, 0.717) is 18.0 Å². The molecule has 1 aliphatic rings. The predicted octanol–water partition coefficient (Wildman–Crippen LogP) is 2.97. The van der Waals surface area contributed by atoms with Gasteiger partial charge in [0.25, 0.3) is 0 Å². The summed E-state index contributed by atoms with van der Waals surface area (Å²) in [5.41, 5.74) is 0.858. The molecule has 116 valence electrons. The fourth-order valence-corrected chi connectivity index (χ4v) is 3.20. The molecule has 4 heteroatoms. The summed E-state index contributed by atoms with van der Waals surface area (Å²) in [6, 6.07) is 5.34. The predicted molar refractivity (Wildman–Crippen MR) is 82.6 cm³/mol. The van der Waals surface area contributed by atoms with Crippen LogP contribution in [-0.2, 0) is 10.3 Å². The number of benzene rings is 1. The standard InChI is InChI=1S/C17H25FN2O/c1-12-14(8-5-9-15(12)18)17(2,3)19-16(21)11-13-7-6-10-20(13)4/h5,8-9,13H,6-7,10-11H2,1-4H3,(H,19,21)/t13-/m0/s1. The summed E-state index contributed by atoms with van der Waals surface area (Å²) in [5.74, 6) is -0.201. The molecule has 1 heterocycles. The summed E-state index contributed by atoms with van der Waals surface area (Å²) in [7, 11) is 2.06. The van der Waals surface area contributed by atoms with Crippen molar-refractivity contribution in [1.29, 1.82) is 0 Å². The Bertz CT molecular complexity index is 528. The van der Waals surface area contributed by atoms with Crippen LogP contribution in [0.4, 0.5) is 4.39 Å². The molecular formula is C17H25FN2O. The van der Waals surface area contributed by atoms with Crippen LogP contribution in [-0.4, -0.2) is 30.4 Å². The lowest BCUT2D eigenvalue weighted by atomic mass is 9.90. The van der Waals surface area contributed by atoms with Gasteiger partial charge in [-0.3, -0.25) is 4.79 Å². The maximum absolute atomic E-state index is 13.7. The number of nitrogens with one attached hydrogen (secondary N) is 1. The molecule has 1 saturated heterocycles. The maximum atomic E-state index is 13.7. The monoisotopic (exact) mass is 292 g/mol. The zero-order chi connectivity index (χ0) is 15.6. The van der Waals surface area contributed by atoms with E-state index >= 15 is 0 Å². The number of rotatable bonds is 4. The second-order valence-electron chi connectivity index (χ2n) is 6.57. The summed E-state index contributed by atoms with van der Waals surface area (Å²) in [6.45, 7) is 6.66. The van der Waals surface area contributed by atoms with E-state index in [1.165, 1.54) is 6.07 Å². The summed E-state index contributed by atoms with van der Waals surface area (Å²) in [5, 5.41) is 3.06. The lowest BCUT2D eigenvalue weighted by Gasteiger charge is -2.30. The molecule has 1 aromatic rings. The van der Waals surface area contributed by atoms with Crippen LogP contribution < -0.4 is 5.32 Å². The molecule has 2 rings (SSSR count). The molecule has 0 spiro atoms. The number of carbonyl (C=O) groups is 1. The SMILES string of the molecule is Cc1c(F)cccc1C(C)(C)NC(=O)C[C@@H]1CCCN1C. The van der Waals surface area contributed by atoms with Crippen molar-refractivity contribution >= 4 is 5.91 Å². The van der Waals surface area contributed by atoms with Gasteiger partial charge in [-0.05, 0) is 64.4 Å². The third kappa shape index (κ3) is 3.62. The van der Waals surface area contributed by atoms with Crippen molar-refractivity contribution < 1.29 is 9.18 Å². The Kier molecular flexibility index (Phi) is 4.67. The Balaban J connectivity index is 2.06. The first kappa shape index (κ1) is 16.0. The van der Waals surface area contributed by atoms with Crippen LogP contribution in [0.5, 0.6) is 0 Å². The van der Waals surface area contributed by atoms with Gasteiger partial charge >= 0.3 is 0 Å². The minimum Gasteiger partial charge on any atom is -0.347 e. The normalized spacial score (nSPS) is 19.8. The van der Waals surface area contributed by atoms with Crippen LogP contribution >= 0.6 is 0 Å². The highest BCUT2D eigenvalue weighted by Gasteiger charge is 2.28. The van der Waals surface area contributed by atoms with Gasteiger partial charge < -0.3 is 10.2 Å². The third-order valence-electron chi connectivity index (χ3n) is 4.49. The number of carbonyl (C=O) groups excluding carboxylic acids is 1. The molecule has 3 nitrogen and oxygen atoms in total. The van der Waals surface area contributed by atoms with E-state index in [0.717, 1.165) is 24.9 Å². The number of likely N-dealkylation sites (tertiary alicyclic amines) is 1. The molecule has 1 aliphatic heterocycles. The van der Waals surface area contributed by atoms with Crippen LogP contribution in [0.25, 0.3) is 0 Å². The lowest BCUT2D eigenvalue weighted by Crippen LogP contribution is -2.43. The molecule has 1 N–H and O–H groups in total. The Morgan fingerprint density at radius 1 is 1.48 bits per heavy atom. The number of hydrogen-bond acceptors (Lipinski definition) is 2. The van der Waals surface area contributed by atoms with Crippen molar-refractivity contribution in [3.63, 3.8) is 0 Å². The third-order valence-corrected chi connectivity index (χ3v) is 4.49. The van der Waals surface area contributed by atoms with Crippen molar-refractivity contribution in [1.82, 2.24) is 10.2 Å². The quantitative estimate of drug-likeness (QED) is 0.925. The van der Waals surface area contributed by atoms with E-state index in [4.69, 9.17) is 0 Å². The Morgan fingerprint density at radius 3 is 2.81 bits per heavy atom. The Labute approximate surface area is 126 Å². The highest BCUT2D eigenvalue weighted by molar-refractivity contribution is 5.77. The van der Waals surface area contributed by atoms with Gasteiger partial charge in [-0.1, -0.05) is 12.1 Å². The molecular weight excluding hydrogens is 267 g/mol. The van der Waals surface area contributed by atoms with Crippen LogP contribution in [0, 0.1) is 12.7 Å². The van der Waals surface area contributed by atoms with Gasteiger partial charge in [-0.25, -0.2) is 4.39 Å². The maximum Gasteiger partial charge on any atom is 0.222 e. The fraction of sp³-hybridized carbons (Fsp3) is 0.588. The van der Waals surface area contributed by atoms with Gasteiger partial charge in [-0.15, -0.1) is 0 Å². The molecule has 0 bridgehead atoms. The van der Waals surface area contributed by atoms with Crippen molar-refractivity contribution in [3.8, 4) is 0 Å². The smallest absolute Gasteiger partial charge is 0.222 e. The molecule has 0 radical (unpaired) electrons. The van der Waals surface area contributed by atoms with E-state index in [1.807, 2.05) is 19.9 Å². The minimum absolute atomic E-state index is 0.0300. The van der Waals surface area contributed by atoms with Crippen molar-refractivity contribution in [2.75, 3.05) is 13.6 Å². The highest BCUT2D eigenvalue weighted by atomic mass is 19.1. The van der Waals surface area contributed by atoms with Crippen molar-refractivity contribution in [2.24, 2.45) is 0 Å². The topological polar surface area (TPSA) is 32.3 Å². The van der Waals surface area contributed by atoms with E-state index in [-0.39, 0.29) is 11.7 Å². The van der Waals surface area contributed by atoms with Gasteiger partial charge in [0.1, 0.15) is 5.82 Å². The molecule has 0 aliphatic carbocycles. The van der Waals surface area contributed by atoms with Crippen LogP contribution in [0.2, 0.25) is 0 Å².